The number of hydrogen-bond acceptors (Lipinski definition) is 4. The number of hydrogen-bond donors (Lipinski definition) is 2. The molecule has 0 aliphatic rings. The highest BCUT2D eigenvalue weighted by Crippen LogP contribution is 2.11. The zero-order valence-electron chi connectivity index (χ0n) is 15.1. The van der Waals surface area contributed by atoms with Gasteiger partial charge in [0.05, 0.1) is 19.6 Å². The Hall–Kier alpha value is -3.16. The Balaban J connectivity index is 1.68. The molecule has 26 heavy (non-hydrogen) atoms. The summed E-state index contributed by atoms with van der Waals surface area (Å²) in [6.07, 6.45) is 5.44. The van der Waals surface area contributed by atoms with Gasteiger partial charge in [0, 0.05) is 26.0 Å². The summed E-state index contributed by atoms with van der Waals surface area (Å²) in [5.41, 5.74) is 2.39. The summed E-state index contributed by atoms with van der Waals surface area (Å²) in [5, 5.41) is 18.8. The maximum absolute atomic E-state index is 4.71. The van der Waals surface area contributed by atoms with E-state index >= 15 is 0 Å². The second-order valence-corrected chi connectivity index (χ2v) is 5.88. The number of nitrogens with zero attached hydrogens (tertiary/aromatic N) is 6. The van der Waals surface area contributed by atoms with E-state index in [1.807, 2.05) is 47.6 Å². The van der Waals surface area contributed by atoms with Crippen LogP contribution in [0.2, 0.25) is 0 Å². The molecular weight excluding hydrogens is 328 g/mol. The summed E-state index contributed by atoms with van der Waals surface area (Å²) < 4.78 is 3.80. The van der Waals surface area contributed by atoms with Crippen molar-refractivity contribution in [3.8, 4) is 0 Å². The van der Waals surface area contributed by atoms with Crippen molar-refractivity contribution in [2.45, 2.75) is 26.6 Å². The molecule has 2 heterocycles. The van der Waals surface area contributed by atoms with Gasteiger partial charge in [0.15, 0.2) is 11.8 Å². The molecule has 8 heteroatoms. The number of aliphatic imine (C=N–C) groups is 1. The molecule has 8 nitrogen and oxygen atoms in total. The molecule has 2 N–H and O–H groups in total. The van der Waals surface area contributed by atoms with Gasteiger partial charge in [-0.05, 0) is 24.1 Å². The molecule has 0 unspecified atom stereocenters. The summed E-state index contributed by atoms with van der Waals surface area (Å²) in [6.45, 7) is 4.73. The van der Waals surface area contributed by atoms with Crippen molar-refractivity contribution in [1.29, 1.82) is 0 Å². The Bertz CT molecular complexity index is 835. The topological polar surface area (TPSA) is 84.9 Å². The minimum atomic E-state index is 0.567. The summed E-state index contributed by atoms with van der Waals surface area (Å²) in [7, 11) is 1.92. The van der Waals surface area contributed by atoms with Gasteiger partial charge in [-0.1, -0.05) is 24.3 Å². The molecular formula is C18H24N8. The summed E-state index contributed by atoms with van der Waals surface area (Å²) in [6, 6.07) is 10.2. The van der Waals surface area contributed by atoms with Gasteiger partial charge in [0.25, 0.3) is 0 Å². The first kappa shape index (κ1) is 17.7. The van der Waals surface area contributed by atoms with E-state index in [1.165, 1.54) is 11.1 Å². The van der Waals surface area contributed by atoms with E-state index in [2.05, 4.69) is 38.1 Å². The molecule has 2 aromatic heterocycles. The molecule has 136 valence electrons. The number of guanidine groups is 1. The minimum Gasteiger partial charge on any atom is -0.357 e. The highest BCUT2D eigenvalue weighted by atomic mass is 15.3. The van der Waals surface area contributed by atoms with Crippen molar-refractivity contribution in [1.82, 2.24) is 35.2 Å². The number of aromatic nitrogens is 5. The van der Waals surface area contributed by atoms with Gasteiger partial charge < -0.3 is 15.2 Å². The zero-order chi connectivity index (χ0) is 18.2. The molecule has 0 saturated carbocycles. The first-order valence-electron chi connectivity index (χ1n) is 8.65. The van der Waals surface area contributed by atoms with E-state index in [0.717, 1.165) is 24.9 Å². The SMILES string of the molecule is CCNC(=NCc1ccccc1Cn1cccn1)NCc1nncn1C. The van der Waals surface area contributed by atoms with Crippen LogP contribution in [-0.2, 0) is 26.7 Å². The quantitative estimate of drug-likeness (QED) is 0.495. The predicted octanol–water partition coefficient (Wildman–Crippen LogP) is 1.32. The number of nitrogens with one attached hydrogen (secondary N) is 2. The van der Waals surface area contributed by atoms with E-state index in [9.17, 15) is 0 Å². The third-order valence-corrected chi connectivity index (χ3v) is 3.98. The first-order chi connectivity index (χ1) is 12.8. The van der Waals surface area contributed by atoms with Crippen LogP contribution in [0.15, 0.2) is 54.0 Å². The third-order valence-electron chi connectivity index (χ3n) is 3.98. The van der Waals surface area contributed by atoms with Gasteiger partial charge in [-0.2, -0.15) is 5.10 Å². The summed E-state index contributed by atoms with van der Waals surface area (Å²) in [5.74, 6) is 1.61. The summed E-state index contributed by atoms with van der Waals surface area (Å²) in [4.78, 5) is 4.71. The number of aryl methyl sites for hydroxylation is 1. The normalized spacial score (nSPS) is 11.5. The second kappa shape index (κ2) is 8.80. The van der Waals surface area contributed by atoms with Gasteiger partial charge in [0.1, 0.15) is 6.33 Å². The fourth-order valence-electron chi connectivity index (χ4n) is 2.57. The number of benzene rings is 1. The van der Waals surface area contributed by atoms with E-state index in [1.54, 1.807) is 12.5 Å². The molecule has 0 aliphatic carbocycles. The fraction of sp³-hybridized carbons (Fsp3) is 0.333. The lowest BCUT2D eigenvalue weighted by atomic mass is 10.1. The lowest BCUT2D eigenvalue weighted by Crippen LogP contribution is -2.37. The lowest BCUT2D eigenvalue weighted by Gasteiger charge is -2.12. The Morgan fingerprint density at radius 1 is 1.15 bits per heavy atom. The second-order valence-electron chi connectivity index (χ2n) is 5.88. The lowest BCUT2D eigenvalue weighted by molar-refractivity contribution is 0.680. The van der Waals surface area contributed by atoms with Crippen LogP contribution in [0, 0.1) is 0 Å². The smallest absolute Gasteiger partial charge is 0.191 e. The number of rotatable bonds is 7. The van der Waals surface area contributed by atoms with Gasteiger partial charge >= 0.3 is 0 Å². The minimum absolute atomic E-state index is 0.567. The fourth-order valence-corrected chi connectivity index (χ4v) is 2.57. The third kappa shape index (κ3) is 4.69. The highest BCUT2D eigenvalue weighted by molar-refractivity contribution is 5.79. The molecule has 0 spiro atoms. The Morgan fingerprint density at radius 3 is 2.69 bits per heavy atom. The molecule has 3 rings (SSSR count). The molecule has 0 atom stereocenters. The Labute approximate surface area is 153 Å². The van der Waals surface area contributed by atoms with E-state index < -0.39 is 0 Å². The molecule has 0 radical (unpaired) electrons. The highest BCUT2D eigenvalue weighted by Gasteiger charge is 2.05. The van der Waals surface area contributed by atoms with Crippen LogP contribution in [0.25, 0.3) is 0 Å². The molecule has 0 fully saturated rings. The van der Waals surface area contributed by atoms with Crippen LogP contribution in [-0.4, -0.2) is 37.0 Å². The van der Waals surface area contributed by atoms with Crippen molar-refractivity contribution in [2.75, 3.05) is 6.54 Å². The monoisotopic (exact) mass is 352 g/mol. The summed E-state index contributed by atoms with van der Waals surface area (Å²) >= 11 is 0. The zero-order valence-corrected chi connectivity index (χ0v) is 15.1. The largest absolute Gasteiger partial charge is 0.357 e. The van der Waals surface area contributed by atoms with E-state index in [4.69, 9.17) is 4.99 Å². The Kier molecular flexibility index (Phi) is 5.97. The van der Waals surface area contributed by atoms with Gasteiger partial charge in [-0.15, -0.1) is 10.2 Å². The average Bonchev–Trinajstić information content (AvgIpc) is 3.30. The van der Waals surface area contributed by atoms with Gasteiger partial charge in [-0.3, -0.25) is 4.68 Å². The molecule has 0 amide bonds. The average molecular weight is 352 g/mol. The van der Waals surface area contributed by atoms with Crippen molar-refractivity contribution in [2.24, 2.45) is 12.0 Å². The van der Waals surface area contributed by atoms with Crippen molar-refractivity contribution >= 4 is 5.96 Å². The van der Waals surface area contributed by atoms with Crippen molar-refractivity contribution < 1.29 is 0 Å². The van der Waals surface area contributed by atoms with E-state index in [-0.39, 0.29) is 0 Å². The van der Waals surface area contributed by atoms with E-state index in [0.29, 0.717) is 13.1 Å². The molecule has 3 aromatic rings. The van der Waals surface area contributed by atoms with Crippen LogP contribution in [0.4, 0.5) is 0 Å². The van der Waals surface area contributed by atoms with Crippen LogP contribution >= 0.6 is 0 Å². The first-order valence-corrected chi connectivity index (χ1v) is 8.65. The van der Waals surface area contributed by atoms with Crippen LogP contribution in [0.5, 0.6) is 0 Å². The molecule has 1 aromatic carbocycles. The van der Waals surface area contributed by atoms with Crippen LogP contribution in [0.3, 0.4) is 0 Å². The Morgan fingerprint density at radius 2 is 2.00 bits per heavy atom. The van der Waals surface area contributed by atoms with Crippen molar-refractivity contribution in [3.05, 3.63) is 66.0 Å². The van der Waals surface area contributed by atoms with Crippen LogP contribution < -0.4 is 10.6 Å². The standard InChI is InChI=1S/C18H24N8/c1-3-19-18(21-12-17-24-22-14-25(17)2)20-11-15-7-4-5-8-16(15)13-26-10-6-9-23-26/h4-10,14H,3,11-13H2,1-2H3,(H2,19,20,21). The maximum atomic E-state index is 4.71. The molecule has 0 bridgehead atoms. The van der Waals surface area contributed by atoms with Gasteiger partial charge in [-0.25, -0.2) is 4.99 Å². The van der Waals surface area contributed by atoms with Crippen molar-refractivity contribution in [3.63, 3.8) is 0 Å². The predicted molar refractivity (Wildman–Crippen MR) is 100 cm³/mol. The molecule has 0 saturated heterocycles. The van der Waals surface area contributed by atoms with Crippen LogP contribution in [0.1, 0.15) is 23.9 Å². The van der Waals surface area contributed by atoms with Gasteiger partial charge in [0.2, 0.25) is 0 Å². The maximum Gasteiger partial charge on any atom is 0.191 e. The molecule has 0 aliphatic heterocycles.